The lowest BCUT2D eigenvalue weighted by molar-refractivity contribution is -0.123. The molecule has 1 aromatic rings. The number of rotatable bonds is 6. The Labute approximate surface area is 120 Å². The third kappa shape index (κ3) is 4.35. The maximum absolute atomic E-state index is 12.0. The van der Waals surface area contributed by atoms with E-state index in [-0.39, 0.29) is 5.91 Å². The molecule has 112 valence electrons. The Morgan fingerprint density at radius 3 is 2.80 bits per heavy atom. The number of nitrogens with one attached hydrogen (secondary N) is 1. The van der Waals surface area contributed by atoms with Gasteiger partial charge in [0, 0.05) is 12.1 Å². The average molecular weight is 279 g/mol. The van der Waals surface area contributed by atoms with Gasteiger partial charge in [0.05, 0.1) is 19.4 Å². The molecule has 1 heterocycles. The van der Waals surface area contributed by atoms with Gasteiger partial charge in [0.1, 0.15) is 5.76 Å². The van der Waals surface area contributed by atoms with E-state index >= 15 is 0 Å². The first kappa shape index (κ1) is 15.1. The summed E-state index contributed by atoms with van der Waals surface area (Å²) in [7, 11) is 0. The van der Waals surface area contributed by atoms with Crippen molar-refractivity contribution in [2.75, 3.05) is 13.1 Å². The number of hydrogen-bond donors (Lipinski definition) is 2. The van der Waals surface area contributed by atoms with Crippen LogP contribution < -0.4 is 11.1 Å². The van der Waals surface area contributed by atoms with Gasteiger partial charge in [0.15, 0.2) is 0 Å². The first-order valence-electron chi connectivity index (χ1n) is 7.47. The average Bonchev–Trinajstić information content (AvgIpc) is 2.97. The van der Waals surface area contributed by atoms with E-state index in [1.54, 1.807) is 6.26 Å². The van der Waals surface area contributed by atoms with Gasteiger partial charge >= 0.3 is 0 Å². The standard InChI is InChI=1S/C15H25N3O2/c1-2-18(13-7-5-12(16)6-8-13)11-15(19)17-10-14-4-3-9-20-14/h3-4,9,12-13H,2,5-8,10-11,16H2,1H3,(H,17,19). The number of likely N-dealkylation sites (N-methyl/N-ethyl adjacent to an activating group) is 1. The van der Waals surface area contributed by atoms with Crippen LogP contribution in [0.5, 0.6) is 0 Å². The second-order valence-corrected chi connectivity index (χ2v) is 5.49. The second-order valence-electron chi connectivity index (χ2n) is 5.49. The van der Waals surface area contributed by atoms with Crippen LogP contribution in [0.4, 0.5) is 0 Å². The van der Waals surface area contributed by atoms with Crippen LogP contribution in [0.25, 0.3) is 0 Å². The summed E-state index contributed by atoms with van der Waals surface area (Å²) in [6, 6.07) is 4.53. The molecule has 5 nitrogen and oxygen atoms in total. The first-order chi connectivity index (χ1) is 9.69. The van der Waals surface area contributed by atoms with Gasteiger partial charge in [-0.2, -0.15) is 0 Å². The van der Waals surface area contributed by atoms with Crippen molar-refractivity contribution in [1.82, 2.24) is 10.2 Å². The highest BCUT2D eigenvalue weighted by molar-refractivity contribution is 5.77. The lowest BCUT2D eigenvalue weighted by Crippen LogP contribution is -2.45. The normalized spacial score (nSPS) is 22.9. The van der Waals surface area contributed by atoms with Crippen LogP contribution in [0.15, 0.2) is 22.8 Å². The highest BCUT2D eigenvalue weighted by Crippen LogP contribution is 2.21. The maximum atomic E-state index is 12.0. The first-order valence-corrected chi connectivity index (χ1v) is 7.47. The summed E-state index contributed by atoms with van der Waals surface area (Å²) in [6.45, 7) is 3.92. The molecule has 1 aromatic heterocycles. The van der Waals surface area contributed by atoms with Crippen LogP contribution in [0, 0.1) is 0 Å². The third-order valence-corrected chi connectivity index (χ3v) is 4.05. The predicted molar refractivity (Wildman–Crippen MR) is 78.0 cm³/mol. The SMILES string of the molecule is CCN(CC(=O)NCc1ccco1)C1CCC(N)CC1. The molecular weight excluding hydrogens is 254 g/mol. The van der Waals surface area contributed by atoms with Crippen molar-refractivity contribution < 1.29 is 9.21 Å². The fraction of sp³-hybridized carbons (Fsp3) is 0.667. The molecule has 1 fully saturated rings. The maximum Gasteiger partial charge on any atom is 0.234 e. The van der Waals surface area contributed by atoms with Crippen molar-refractivity contribution >= 4 is 5.91 Å². The van der Waals surface area contributed by atoms with Crippen molar-refractivity contribution in [2.24, 2.45) is 5.73 Å². The molecule has 0 atom stereocenters. The summed E-state index contributed by atoms with van der Waals surface area (Å²) in [4.78, 5) is 14.2. The Morgan fingerprint density at radius 2 is 2.20 bits per heavy atom. The molecule has 5 heteroatoms. The molecule has 1 saturated carbocycles. The predicted octanol–water partition coefficient (Wildman–Crippen LogP) is 1.49. The monoisotopic (exact) mass is 279 g/mol. The third-order valence-electron chi connectivity index (χ3n) is 4.05. The molecular formula is C15H25N3O2. The van der Waals surface area contributed by atoms with E-state index in [2.05, 4.69) is 17.1 Å². The van der Waals surface area contributed by atoms with Crippen molar-refractivity contribution in [3.63, 3.8) is 0 Å². The topological polar surface area (TPSA) is 71.5 Å². The lowest BCUT2D eigenvalue weighted by Gasteiger charge is -2.34. The van der Waals surface area contributed by atoms with E-state index in [4.69, 9.17) is 10.2 Å². The lowest BCUT2D eigenvalue weighted by atomic mass is 9.91. The summed E-state index contributed by atoms with van der Waals surface area (Å²) in [6.07, 6.45) is 5.94. The fourth-order valence-electron chi connectivity index (χ4n) is 2.81. The molecule has 1 aliphatic carbocycles. The smallest absolute Gasteiger partial charge is 0.234 e. The minimum absolute atomic E-state index is 0.0538. The highest BCUT2D eigenvalue weighted by Gasteiger charge is 2.24. The molecule has 0 radical (unpaired) electrons. The van der Waals surface area contributed by atoms with E-state index in [9.17, 15) is 4.79 Å². The van der Waals surface area contributed by atoms with Crippen LogP contribution in [0.2, 0.25) is 0 Å². The molecule has 0 saturated heterocycles. The Hall–Kier alpha value is -1.33. The van der Waals surface area contributed by atoms with E-state index in [0.29, 0.717) is 25.2 Å². The Morgan fingerprint density at radius 1 is 1.45 bits per heavy atom. The molecule has 0 aromatic carbocycles. The van der Waals surface area contributed by atoms with Gasteiger partial charge in [-0.3, -0.25) is 9.69 Å². The number of hydrogen-bond acceptors (Lipinski definition) is 4. The molecule has 0 aliphatic heterocycles. The number of nitrogens with zero attached hydrogens (tertiary/aromatic N) is 1. The van der Waals surface area contributed by atoms with Gasteiger partial charge in [0.2, 0.25) is 5.91 Å². The Balaban J connectivity index is 1.75. The summed E-state index contributed by atoms with van der Waals surface area (Å²) in [5.74, 6) is 0.836. The zero-order chi connectivity index (χ0) is 14.4. The van der Waals surface area contributed by atoms with Crippen LogP contribution in [0.3, 0.4) is 0 Å². The fourth-order valence-corrected chi connectivity index (χ4v) is 2.81. The second kappa shape index (κ2) is 7.45. The van der Waals surface area contributed by atoms with E-state index < -0.39 is 0 Å². The zero-order valence-corrected chi connectivity index (χ0v) is 12.2. The van der Waals surface area contributed by atoms with Crippen LogP contribution in [0.1, 0.15) is 38.4 Å². The van der Waals surface area contributed by atoms with Gasteiger partial charge in [-0.25, -0.2) is 0 Å². The number of carbonyl (C=O) groups excluding carboxylic acids is 1. The van der Waals surface area contributed by atoms with E-state index in [0.717, 1.165) is 38.0 Å². The molecule has 3 N–H and O–H groups in total. The van der Waals surface area contributed by atoms with Gasteiger partial charge in [-0.15, -0.1) is 0 Å². The molecule has 20 heavy (non-hydrogen) atoms. The van der Waals surface area contributed by atoms with Crippen LogP contribution >= 0.6 is 0 Å². The van der Waals surface area contributed by atoms with Crippen molar-refractivity contribution in [3.8, 4) is 0 Å². The van der Waals surface area contributed by atoms with Gasteiger partial charge in [0.25, 0.3) is 0 Å². The van der Waals surface area contributed by atoms with Crippen molar-refractivity contribution in [1.29, 1.82) is 0 Å². The summed E-state index contributed by atoms with van der Waals surface area (Å²) in [5, 5.41) is 2.90. The zero-order valence-electron chi connectivity index (χ0n) is 12.2. The Bertz CT molecular complexity index is 397. The number of carbonyl (C=O) groups is 1. The molecule has 2 rings (SSSR count). The minimum Gasteiger partial charge on any atom is -0.467 e. The molecule has 0 bridgehead atoms. The number of amides is 1. The van der Waals surface area contributed by atoms with Crippen molar-refractivity contribution in [3.05, 3.63) is 24.2 Å². The molecule has 0 unspecified atom stereocenters. The quantitative estimate of drug-likeness (QED) is 0.827. The molecule has 1 amide bonds. The van der Waals surface area contributed by atoms with Crippen molar-refractivity contribution in [2.45, 2.75) is 51.2 Å². The largest absolute Gasteiger partial charge is 0.467 e. The number of nitrogens with two attached hydrogens (primary N) is 1. The van der Waals surface area contributed by atoms with Crippen LogP contribution in [-0.4, -0.2) is 36.0 Å². The molecule has 0 spiro atoms. The Kier molecular flexibility index (Phi) is 5.61. The van der Waals surface area contributed by atoms with Gasteiger partial charge in [-0.05, 0) is 44.4 Å². The summed E-state index contributed by atoms with van der Waals surface area (Å²) >= 11 is 0. The van der Waals surface area contributed by atoms with E-state index in [1.165, 1.54) is 0 Å². The molecule has 1 aliphatic rings. The van der Waals surface area contributed by atoms with Gasteiger partial charge in [-0.1, -0.05) is 6.92 Å². The summed E-state index contributed by atoms with van der Waals surface area (Å²) in [5.41, 5.74) is 5.93. The summed E-state index contributed by atoms with van der Waals surface area (Å²) < 4.78 is 5.20. The van der Waals surface area contributed by atoms with Gasteiger partial charge < -0.3 is 15.5 Å². The van der Waals surface area contributed by atoms with Crippen LogP contribution in [-0.2, 0) is 11.3 Å². The number of furan rings is 1. The highest BCUT2D eigenvalue weighted by atomic mass is 16.3. The minimum atomic E-state index is 0.0538. The van der Waals surface area contributed by atoms with E-state index in [1.807, 2.05) is 12.1 Å².